The molecule has 0 atom stereocenters. The molecule has 0 radical (unpaired) electrons. The standard InChI is InChI=1S/C19H23N3O4S/c23-22(24)18-8-10-19(11-9-18)27(25,26)20-14-16-6-2-3-7-17(16)15-21-12-4-1-5-13-21/h2-3,6-11,20H,1,4-5,12-15H2. The number of hydrogen-bond acceptors (Lipinski definition) is 5. The summed E-state index contributed by atoms with van der Waals surface area (Å²) >= 11 is 0. The highest BCUT2D eigenvalue weighted by Gasteiger charge is 2.17. The maximum atomic E-state index is 12.5. The van der Waals surface area contributed by atoms with E-state index in [4.69, 9.17) is 0 Å². The first-order valence-electron chi connectivity index (χ1n) is 8.99. The van der Waals surface area contributed by atoms with Gasteiger partial charge < -0.3 is 0 Å². The molecule has 1 aliphatic rings. The lowest BCUT2D eigenvalue weighted by atomic mass is 10.1. The number of nitro groups is 1. The largest absolute Gasteiger partial charge is 0.299 e. The van der Waals surface area contributed by atoms with Gasteiger partial charge in [-0.3, -0.25) is 15.0 Å². The number of nitrogens with zero attached hydrogens (tertiary/aromatic N) is 2. The highest BCUT2D eigenvalue weighted by atomic mass is 32.2. The Morgan fingerprint density at radius 2 is 1.59 bits per heavy atom. The van der Waals surface area contributed by atoms with E-state index < -0.39 is 14.9 Å². The molecule has 2 aromatic carbocycles. The Labute approximate surface area is 159 Å². The van der Waals surface area contributed by atoms with Gasteiger partial charge in [-0.25, -0.2) is 13.1 Å². The average Bonchev–Trinajstić information content (AvgIpc) is 2.68. The van der Waals surface area contributed by atoms with Gasteiger partial charge >= 0.3 is 0 Å². The lowest BCUT2D eigenvalue weighted by Crippen LogP contribution is -2.30. The van der Waals surface area contributed by atoms with E-state index in [0.29, 0.717) is 0 Å². The van der Waals surface area contributed by atoms with Crippen LogP contribution in [0.2, 0.25) is 0 Å². The summed E-state index contributed by atoms with van der Waals surface area (Å²) in [4.78, 5) is 12.6. The zero-order chi connectivity index (χ0) is 19.3. The van der Waals surface area contributed by atoms with Crippen LogP contribution in [0.15, 0.2) is 53.4 Å². The number of hydrogen-bond donors (Lipinski definition) is 1. The molecule has 1 heterocycles. The molecule has 1 N–H and O–H groups in total. The second-order valence-corrected chi connectivity index (χ2v) is 8.45. The normalized spacial score (nSPS) is 15.6. The van der Waals surface area contributed by atoms with Gasteiger partial charge in [0.15, 0.2) is 0 Å². The van der Waals surface area contributed by atoms with E-state index in [9.17, 15) is 18.5 Å². The van der Waals surface area contributed by atoms with Crippen LogP contribution < -0.4 is 4.72 Å². The maximum absolute atomic E-state index is 12.5. The lowest BCUT2D eigenvalue weighted by Gasteiger charge is -2.27. The number of rotatable bonds is 7. The summed E-state index contributed by atoms with van der Waals surface area (Å²) in [6.45, 7) is 3.14. The quantitative estimate of drug-likeness (QED) is 0.580. The van der Waals surface area contributed by atoms with Gasteiger partial charge in [0.25, 0.3) is 5.69 Å². The van der Waals surface area contributed by atoms with Gasteiger partial charge in [0.05, 0.1) is 9.82 Å². The third-order valence-corrected chi connectivity index (χ3v) is 6.19. The molecule has 1 saturated heterocycles. The van der Waals surface area contributed by atoms with Crippen LogP contribution in [0.4, 0.5) is 5.69 Å². The second-order valence-electron chi connectivity index (χ2n) is 6.68. The monoisotopic (exact) mass is 389 g/mol. The fraction of sp³-hybridized carbons (Fsp3) is 0.368. The van der Waals surface area contributed by atoms with Crippen LogP contribution >= 0.6 is 0 Å². The van der Waals surface area contributed by atoms with Crippen LogP contribution in [0.1, 0.15) is 30.4 Å². The van der Waals surface area contributed by atoms with Crippen molar-refractivity contribution >= 4 is 15.7 Å². The number of nitro benzene ring substituents is 1. The lowest BCUT2D eigenvalue weighted by molar-refractivity contribution is -0.384. The van der Waals surface area contributed by atoms with Gasteiger partial charge in [0, 0.05) is 25.2 Å². The van der Waals surface area contributed by atoms with Crippen LogP contribution in [0.3, 0.4) is 0 Å². The maximum Gasteiger partial charge on any atom is 0.269 e. The Morgan fingerprint density at radius 3 is 2.22 bits per heavy atom. The average molecular weight is 389 g/mol. The molecule has 0 bridgehead atoms. The highest BCUT2D eigenvalue weighted by Crippen LogP contribution is 2.18. The zero-order valence-electron chi connectivity index (χ0n) is 15.0. The van der Waals surface area contributed by atoms with Crippen molar-refractivity contribution in [3.05, 3.63) is 69.8 Å². The van der Waals surface area contributed by atoms with Gasteiger partial charge in [0.2, 0.25) is 10.0 Å². The van der Waals surface area contributed by atoms with Crippen molar-refractivity contribution in [2.45, 2.75) is 37.2 Å². The molecule has 7 nitrogen and oxygen atoms in total. The molecular weight excluding hydrogens is 366 g/mol. The second kappa shape index (κ2) is 8.60. The topological polar surface area (TPSA) is 92.5 Å². The molecule has 3 rings (SSSR count). The van der Waals surface area contributed by atoms with Crippen LogP contribution in [-0.2, 0) is 23.1 Å². The Balaban J connectivity index is 1.69. The molecule has 27 heavy (non-hydrogen) atoms. The Kier molecular flexibility index (Phi) is 6.20. The predicted octanol–water partition coefficient (Wildman–Crippen LogP) is 3.06. The minimum absolute atomic E-state index is 0.0154. The van der Waals surface area contributed by atoms with Gasteiger partial charge in [0.1, 0.15) is 0 Å². The summed E-state index contributed by atoms with van der Waals surface area (Å²) < 4.78 is 27.6. The molecule has 0 unspecified atom stereocenters. The highest BCUT2D eigenvalue weighted by molar-refractivity contribution is 7.89. The molecule has 0 amide bonds. The minimum Gasteiger partial charge on any atom is -0.299 e. The van der Waals surface area contributed by atoms with Crippen molar-refractivity contribution in [1.82, 2.24) is 9.62 Å². The number of non-ortho nitro benzene ring substituents is 1. The van der Waals surface area contributed by atoms with Crippen molar-refractivity contribution in [3.8, 4) is 0 Å². The van der Waals surface area contributed by atoms with Crippen molar-refractivity contribution < 1.29 is 13.3 Å². The van der Waals surface area contributed by atoms with E-state index >= 15 is 0 Å². The third kappa shape index (κ3) is 5.12. The van der Waals surface area contributed by atoms with Gasteiger partial charge in [-0.2, -0.15) is 0 Å². The smallest absolute Gasteiger partial charge is 0.269 e. The zero-order valence-corrected chi connectivity index (χ0v) is 15.8. The van der Waals surface area contributed by atoms with E-state index in [1.807, 2.05) is 24.3 Å². The van der Waals surface area contributed by atoms with Crippen LogP contribution in [0, 0.1) is 10.1 Å². The van der Waals surface area contributed by atoms with Crippen LogP contribution in [0.5, 0.6) is 0 Å². The Hall–Kier alpha value is -2.29. The molecule has 0 aromatic heterocycles. The van der Waals surface area contributed by atoms with Crippen LogP contribution in [-0.4, -0.2) is 31.3 Å². The van der Waals surface area contributed by atoms with E-state index in [2.05, 4.69) is 9.62 Å². The van der Waals surface area contributed by atoms with Crippen molar-refractivity contribution in [2.24, 2.45) is 0 Å². The fourth-order valence-corrected chi connectivity index (χ4v) is 4.25. The Morgan fingerprint density at radius 1 is 0.963 bits per heavy atom. The van der Waals surface area contributed by atoms with Gasteiger partial charge in [-0.05, 0) is 49.2 Å². The summed E-state index contributed by atoms with van der Waals surface area (Å²) in [6, 6.07) is 12.7. The van der Waals surface area contributed by atoms with E-state index in [1.165, 1.54) is 43.5 Å². The summed E-state index contributed by atoms with van der Waals surface area (Å²) in [5, 5.41) is 10.7. The first-order chi connectivity index (χ1) is 13.0. The SMILES string of the molecule is O=[N+]([O-])c1ccc(S(=O)(=O)NCc2ccccc2CN2CCCCC2)cc1. The third-order valence-electron chi connectivity index (χ3n) is 4.77. The van der Waals surface area contributed by atoms with E-state index in [0.717, 1.165) is 30.8 Å². The summed E-state index contributed by atoms with van der Waals surface area (Å²) in [5.74, 6) is 0. The van der Waals surface area contributed by atoms with E-state index in [-0.39, 0.29) is 17.1 Å². The molecule has 8 heteroatoms. The molecular formula is C19H23N3O4S. The first-order valence-corrected chi connectivity index (χ1v) is 10.5. The molecule has 1 fully saturated rings. The van der Waals surface area contributed by atoms with Gasteiger partial charge in [-0.15, -0.1) is 0 Å². The van der Waals surface area contributed by atoms with E-state index in [1.54, 1.807) is 0 Å². The Bertz CT molecular complexity index is 891. The summed E-state index contributed by atoms with van der Waals surface area (Å²) in [7, 11) is -3.74. The van der Waals surface area contributed by atoms with Crippen molar-refractivity contribution in [2.75, 3.05) is 13.1 Å². The number of piperidine rings is 1. The first kappa shape index (κ1) is 19.5. The minimum atomic E-state index is -3.74. The molecule has 144 valence electrons. The number of benzene rings is 2. The summed E-state index contributed by atoms with van der Waals surface area (Å²) in [5.41, 5.74) is 1.92. The molecule has 2 aromatic rings. The van der Waals surface area contributed by atoms with Crippen LogP contribution in [0.25, 0.3) is 0 Å². The molecule has 0 saturated carbocycles. The number of sulfonamides is 1. The molecule has 0 aliphatic carbocycles. The number of nitrogens with one attached hydrogen (secondary N) is 1. The fourth-order valence-electron chi connectivity index (χ4n) is 3.25. The number of likely N-dealkylation sites (tertiary alicyclic amines) is 1. The molecule has 0 spiro atoms. The van der Waals surface area contributed by atoms with Gasteiger partial charge in [-0.1, -0.05) is 30.7 Å². The molecule has 1 aliphatic heterocycles. The van der Waals surface area contributed by atoms with Crippen molar-refractivity contribution in [3.63, 3.8) is 0 Å². The predicted molar refractivity (Wildman–Crippen MR) is 103 cm³/mol. The summed E-state index contributed by atoms with van der Waals surface area (Å²) in [6.07, 6.45) is 3.68. The van der Waals surface area contributed by atoms with Crippen molar-refractivity contribution in [1.29, 1.82) is 0 Å².